The maximum Gasteiger partial charge on any atom is 0.0603 e. The Kier molecular flexibility index (Phi) is 4.74. The van der Waals surface area contributed by atoms with E-state index in [1.54, 1.807) is 0 Å². The summed E-state index contributed by atoms with van der Waals surface area (Å²) < 4.78 is 5.95. The summed E-state index contributed by atoms with van der Waals surface area (Å²) in [5.41, 5.74) is 0. The maximum absolute atomic E-state index is 5.95. The Morgan fingerprint density at radius 2 is 2.00 bits per heavy atom. The van der Waals surface area contributed by atoms with Crippen LogP contribution in [0.15, 0.2) is 0 Å². The average molecular weight is 185 g/mol. The van der Waals surface area contributed by atoms with Crippen molar-refractivity contribution in [1.29, 1.82) is 0 Å². The van der Waals surface area contributed by atoms with Crippen LogP contribution in [0.25, 0.3) is 0 Å². The Bertz CT molecular complexity index is 130. The Hall–Kier alpha value is -0.0800. The van der Waals surface area contributed by atoms with Crippen molar-refractivity contribution in [2.24, 2.45) is 0 Å². The lowest BCUT2D eigenvalue weighted by Crippen LogP contribution is -2.35. The van der Waals surface area contributed by atoms with Crippen molar-refractivity contribution in [2.45, 2.75) is 51.7 Å². The molecule has 1 saturated heterocycles. The summed E-state index contributed by atoms with van der Waals surface area (Å²) in [5.74, 6) is 0. The molecule has 1 fully saturated rings. The molecule has 0 bridgehead atoms. The van der Waals surface area contributed by atoms with E-state index in [0.717, 1.165) is 0 Å². The maximum atomic E-state index is 5.95. The van der Waals surface area contributed by atoms with Gasteiger partial charge >= 0.3 is 0 Å². The molecular weight excluding hydrogens is 162 g/mol. The van der Waals surface area contributed by atoms with Gasteiger partial charge in [0.25, 0.3) is 0 Å². The molecule has 13 heavy (non-hydrogen) atoms. The lowest BCUT2D eigenvalue weighted by atomic mass is 10.1. The fraction of sp³-hybridized carbons (Fsp3) is 1.00. The van der Waals surface area contributed by atoms with Crippen molar-refractivity contribution in [1.82, 2.24) is 4.90 Å². The van der Waals surface area contributed by atoms with Gasteiger partial charge in [-0.05, 0) is 33.2 Å². The predicted molar refractivity (Wildman–Crippen MR) is 56.0 cm³/mol. The molecule has 2 nitrogen and oxygen atoms in total. The van der Waals surface area contributed by atoms with Gasteiger partial charge in [0.05, 0.1) is 12.2 Å². The van der Waals surface area contributed by atoms with E-state index in [0.29, 0.717) is 12.2 Å². The highest BCUT2D eigenvalue weighted by Crippen LogP contribution is 2.15. The molecule has 0 aliphatic carbocycles. The number of likely N-dealkylation sites (tertiary alicyclic amines) is 1. The molecule has 0 saturated carbocycles. The number of hydrogen-bond donors (Lipinski definition) is 0. The van der Waals surface area contributed by atoms with Crippen molar-refractivity contribution in [2.75, 3.05) is 20.1 Å². The Morgan fingerprint density at radius 3 is 2.54 bits per heavy atom. The van der Waals surface area contributed by atoms with Gasteiger partial charge in [-0.2, -0.15) is 0 Å². The van der Waals surface area contributed by atoms with Gasteiger partial charge in [-0.25, -0.2) is 0 Å². The van der Waals surface area contributed by atoms with E-state index in [9.17, 15) is 0 Å². The van der Waals surface area contributed by atoms with Gasteiger partial charge in [-0.3, -0.25) is 0 Å². The molecule has 0 aromatic rings. The van der Waals surface area contributed by atoms with Crippen molar-refractivity contribution in [3.8, 4) is 0 Å². The number of hydrogen-bond acceptors (Lipinski definition) is 2. The van der Waals surface area contributed by atoms with Crippen LogP contribution in [-0.2, 0) is 4.74 Å². The molecule has 1 rings (SSSR count). The molecule has 1 heterocycles. The van der Waals surface area contributed by atoms with Crippen LogP contribution in [0.1, 0.15) is 39.5 Å². The van der Waals surface area contributed by atoms with Crippen LogP contribution < -0.4 is 0 Å². The second kappa shape index (κ2) is 5.61. The largest absolute Gasteiger partial charge is 0.375 e. The normalized spacial score (nSPS) is 23.3. The molecule has 0 spiro atoms. The van der Waals surface area contributed by atoms with E-state index < -0.39 is 0 Å². The third-order valence-corrected chi connectivity index (χ3v) is 2.79. The van der Waals surface area contributed by atoms with Gasteiger partial charge in [-0.15, -0.1) is 0 Å². The number of ether oxygens (including phenoxy) is 1. The summed E-state index contributed by atoms with van der Waals surface area (Å²) in [6, 6.07) is 0. The molecule has 1 atom stereocenters. The quantitative estimate of drug-likeness (QED) is 0.666. The van der Waals surface area contributed by atoms with Crippen molar-refractivity contribution in [3.05, 3.63) is 0 Å². The average Bonchev–Trinajstić information content (AvgIpc) is 2.09. The SMILES string of the molecule is CCCC(C)OC1CCN(C)CC1. The Labute approximate surface area is 82.3 Å². The van der Waals surface area contributed by atoms with Crippen LogP contribution in [0.5, 0.6) is 0 Å². The monoisotopic (exact) mass is 185 g/mol. The Balaban J connectivity index is 2.14. The predicted octanol–water partition coefficient (Wildman–Crippen LogP) is 2.29. The fourth-order valence-electron chi connectivity index (χ4n) is 1.92. The van der Waals surface area contributed by atoms with Gasteiger partial charge in [0.15, 0.2) is 0 Å². The highest BCUT2D eigenvalue weighted by Gasteiger charge is 2.18. The van der Waals surface area contributed by atoms with Gasteiger partial charge in [0, 0.05) is 13.1 Å². The first-order valence-electron chi connectivity index (χ1n) is 5.56. The van der Waals surface area contributed by atoms with Crippen LogP contribution in [-0.4, -0.2) is 37.2 Å². The van der Waals surface area contributed by atoms with Crippen LogP contribution in [0.3, 0.4) is 0 Å². The summed E-state index contributed by atoms with van der Waals surface area (Å²) in [5, 5.41) is 0. The third kappa shape index (κ3) is 4.10. The van der Waals surface area contributed by atoms with E-state index >= 15 is 0 Å². The smallest absolute Gasteiger partial charge is 0.0603 e. The highest BCUT2D eigenvalue weighted by molar-refractivity contribution is 4.70. The number of rotatable bonds is 4. The minimum Gasteiger partial charge on any atom is -0.375 e. The second-order valence-electron chi connectivity index (χ2n) is 4.24. The number of piperidine rings is 1. The van der Waals surface area contributed by atoms with E-state index in [1.807, 2.05) is 0 Å². The zero-order valence-corrected chi connectivity index (χ0v) is 9.25. The van der Waals surface area contributed by atoms with E-state index in [-0.39, 0.29) is 0 Å². The third-order valence-electron chi connectivity index (χ3n) is 2.79. The van der Waals surface area contributed by atoms with E-state index in [1.165, 1.54) is 38.8 Å². The zero-order valence-electron chi connectivity index (χ0n) is 9.25. The van der Waals surface area contributed by atoms with Gasteiger partial charge in [0.1, 0.15) is 0 Å². The van der Waals surface area contributed by atoms with Crippen LogP contribution >= 0.6 is 0 Å². The van der Waals surface area contributed by atoms with Gasteiger partial charge in [-0.1, -0.05) is 13.3 Å². The van der Waals surface area contributed by atoms with Gasteiger partial charge in [0.2, 0.25) is 0 Å². The Morgan fingerprint density at radius 1 is 1.38 bits per heavy atom. The molecule has 1 aliphatic heterocycles. The van der Waals surface area contributed by atoms with Crippen molar-refractivity contribution in [3.63, 3.8) is 0 Å². The fourth-order valence-corrected chi connectivity index (χ4v) is 1.92. The second-order valence-corrected chi connectivity index (χ2v) is 4.24. The standard InChI is InChI=1S/C11H23NO/c1-4-5-10(2)13-11-6-8-12(3)9-7-11/h10-11H,4-9H2,1-3H3. The first-order valence-corrected chi connectivity index (χ1v) is 5.56. The van der Waals surface area contributed by atoms with E-state index in [2.05, 4.69) is 25.8 Å². The molecule has 0 aromatic heterocycles. The molecule has 0 radical (unpaired) electrons. The molecule has 0 amide bonds. The molecular formula is C11H23NO. The lowest BCUT2D eigenvalue weighted by molar-refractivity contribution is -0.0345. The van der Waals surface area contributed by atoms with Crippen molar-refractivity contribution < 1.29 is 4.74 Å². The highest BCUT2D eigenvalue weighted by atomic mass is 16.5. The minimum absolute atomic E-state index is 0.457. The zero-order chi connectivity index (χ0) is 9.68. The van der Waals surface area contributed by atoms with Gasteiger partial charge < -0.3 is 9.64 Å². The number of nitrogens with zero attached hydrogens (tertiary/aromatic N) is 1. The van der Waals surface area contributed by atoms with E-state index in [4.69, 9.17) is 4.74 Å². The summed E-state index contributed by atoms with van der Waals surface area (Å²) >= 11 is 0. The first kappa shape index (κ1) is 11.0. The molecule has 0 aromatic carbocycles. The molecule has 1 aliphatic rings. The summed E-state index contributed by atoms with van der Waals surface area (Å²) in [7, 11) is 2.19. The van der Waals surface area contributed by atoms with Crippen LogP contribution in [0.4, 0.5) is 0 Å². The van der Waals surface area contributed by atoms with Crippen molar-refractivity contribution >= 4 is 0 Å². The van der Waals surface area contributed by atoms with Crippen LogP contribution in [0, 0.1) is 0 Å². The van der Waals surface area contributed by atoms with Crippen LogP contribution in [0.2, 0.25) is 0 Å². The molecule has 0 N–H and O–H groups in total. The summed E-state index contributed by atoms with van der Waals surface area (Å²) in [6.45, 7) is 6.81. The summed E-state index contributed by atoms with van der Waals surface area (Å²) in [6.07, 6.45) is 5.84. The molecule has 1 unspecified atom stereocenters. The topological polar surface area (TPSA) is 12.5 Å². The lowest BCUT2D eigenvalue weighted by Gasteiger charge is -2.30. The molecule has 78 valence electrons. The minimum atomic E-state index is 0.457. The summed E-state index contributed by atoms with van der Waals surface area (Å²) in [4.78, 5) is 2.38. The molecule has 2 heteroatoms. The first-order chi connectivity index (χ1) is 6.22.